The summed E-state index contributed by atoms with van der Waals surface area (Å²) in [6.07, 6.45) is 1.58. The molecule has 1 saturated heterocycles. The van der Waals surface area contributed by atoms with E-state index in [0.717, 1.165) is 16.5 Å². The molecule has 0 saturated carbocycles. The highest BCUT2D eigenvalue weighted by molar-refractivity contribution is 7.90. The molecule has 1 aliphatic heterocycles. The average molecular weight is 473 g/mol. The maximum Gasteiger partial charge on any atom is 0.254 e. The summed E-state index contributed by atoms with van der Waals surface area (Å²) in [6.45, 7) is 2.41. The third kappa shape index (κ3) is 4.08. The first-order chi connectivity index (χ1) is 16.2. The smallest absolute Gasteiger partial charge is 0.254 e. The molecule has 34 heavy (non-hydrogen) atoms. The minimum absolute atomic E-state index is 0.187. The number of fused-ring (bicyclic) bond motifs is 1. The van der Waals surface area contributed by atoms with Gasteiger partial charge in [-0.05, 0) is 42.3 Å². The average Bonchev–Trinajstić information content (AvgIpc) is 2.81. The zero-order valence-electron chi connectivity index (χ0n) is 18.7. The molecule has 0 spiro atoms. The van der Waals surface area contributed by atoms with Gasteiger partial charge in [0.15, 0.2) is 9.84 Å². The molecular weight excluding hydrogens is 448 g/mol. The fourth-order valence-electron chi connectivity index (χ4n) is 4.40. The lowest BCUT2D eigenvalue weighted by molar-refractivity contribution is -0.0863. The fourth-order valence-corrected chi connectivity index (χ4v) is 5.93. The summed E-state index contributed by atoms with van der Waals surface area (Å²) in [5.41, 5.74) is 2.32. The van der Waals surface area contributed by atoms with Crippen molar-refractivity contribution in [3.8, 4) is 0 Å². The van der Waals surface area contributed by atoms with Crippen LogP contribution >= 0.6 is 0 Å². The molecule has 2 heterocycles. The van der Waals surface area contributed by atoms with Gasteiger partial charge in [-0.25, -0.2) is 8.42 Å². The largest absolute Gasteiger partial charge is 0.381 e. The van der Waals surface area contributed by atoms with Crippen molar-refractivity contribution >= 4 is 26.6 Å². The Morgan fingerprint density at radius 3 is 2.44 bits per heavy atom. The Morgan fingerprint density at radius 2 is 1.71 bits per heavy atom. The van der Waals surface area contributed by atoms with E-state index in [4.69, 9.17) is 0 Å². The standard InChI is InChI=1S/C27H24N2O4S/c1-19-5-2-8-23(15-19)27(31)17-29(18-27)26(30)22-12-10-20(11-13-22)16-34(32,33)24-9-3-6-21-7-4-14-28-25(21)24/h2-15,31H,16-18H2,1H3. The first-order valence-corrected chi connectivity index (χ1v) is 12.6. The maximum atomic E-state index is 13.1. The van der Waals surface area contributed by atoms with Crippen LogP contribution in [0.5, 0.6) is 0 Å². The number of para-hydroxylation sites is 1. The number of aryl methyl sites for hydroxylation is 1. The van der Waals surface area contributed by atoms with E-state index >= 15 is 0 Å². The monoisotopic (exact) mass is 472 g/mol. The van der Waals surface area contributed by atoms with Crippen molar-refractivity contribution in [2.45, 2.75) is 23.2 Å². The number of aromatic nitrogens is 1. The highest BCUT2D eigenvalue weighted by Crippen LogP contribution is 2.33. The fraction of sp³-hybridized carbons (Fsp3) is 0.185. The number of carbonyl (C=O) groups is 1. The number of rotatable bonds is 5. The van der Waals surface area contributed by atoms with Crippen molar-refractivity contribution in [3.63, 3.8) is 0 Å². The SMILES string of the molecule is Cc1cccc(C2(O)CN(C(=O)c3ccc(CS(=O)(=O)c4cccc5cccnc45)cc3)C2)c1. The predicted octanol–water partition coefficient (Wildman–Crippen LogP) is 3.86. The lowest BCUT2D eigenvalue weighted by Gasteiger charge is -2.46. The molecule has 0 atom stereocenters. The molecule has 1 aliphatic rings. The van der Waals surface area contributed by atoms with Gasteiger partial charge in [0.1, 0.15) is 5.60 Å². The number of hydrogen-bond donors (Lipinski definition) is 1. The van der Waals surface area contributed by atoms with Gasteiger partial charge in [0.05, 0.1) is 29.3 Å². The number of hydrogen-bond acceptors (Lipinski definition) is 5. The van der Waals surface area contributed by atoms with Crippen molar-refractivity contribution in [3.05, 3.63) is 107 Å². The second-order valence-electron chi connectivity index (χ2n) is 8.85. The zero-order chi connectivity index (χ0) is 23.9. The van der Waals surface area contributed by atoms with Crippen molar-refractivity contribution < 1.29 is 18.3 Å². The van der Waals surface area contributed by atoms with E-state index in [1.807, 2.05) is 43.3 Å². The van der Waals surface area contributed by atoms with Crippen LogP contribution < -0.4 is 0 Å². The molecule has 3 aromatic carbocycles. The van der Waals surface area contributed by atoms with E-state index in [1.54, 1.807) is 53.6 Å². The highest BCUT2D eigenvalue weighted by atomic mass is 32.2. The Hall–Kier alpha value is -3.55. The number of aliphatic hydroxyl groups is 1. The summed E-state index contributed by atoms with van der Waals surface area (Å²) in [6, 6.07) is 23.0. The van der Waals surface area contributed by atoms with E-state index < -0.39 is 15.4 Å². The third-order valence-electron chi connectivity index (χ3n) is 6.24. The van der Waals surface area contributed by atoms with Gasteiger partial charge in [-0.2, -0.15) is 0 Å². The molecule has 1 N–H and O–H groups in total. The molecule has 6 nitrogen and oxygen atoms in total. The first-order valence-electron chi connectivity index (χ1n) is 11.0. The molecular formula is C27H24N2O4S. The summed E-state index contributed by atoms with van der Waals surface area (Å²) in [7, 11) is -3.62. The van der Waals surface area contributed by atoms with Crippen molar-refractivity contribution in [1.82, 2.24) is 9.88 Å². The molecule has 1 amide bonds. The lowest BCUT2D eigenvalue weighted by Crippen LogP contribution is -2.61. The van der Waals surface area contributed by atoms with E-state index in [9.17, 15) is 18.3 Å². The van der Waals surface area contributed by atoms with Crippen LogP contribution in [0.25, 0.3) is 10.9 Å². The topological polar surface area (TPSA) is 87.6 Å². The quantitative estimate of drug-likeness (QED) is 0.477. The second-order valence-corrected chi connectivity index (χ2v) is 10.8. The zero-order valence-corrected chi connectivity index (χ0v) is 19.5. The number of benzene rings is 3. The number of carbonyl (C=O) groups excluding carboxylic acids is 1. The van der Waals surface area contributed by atoms with Crippen LogP contribution in [-0.4, -0.2) is 42.4 Å². The Morgan fingerprint density at radius 1 is 1.00 bits per heavy atom. The summed E-state index contributed by atoms with van der Waals surface area (Å²) in [5, 5.41) is 11.6. The number of amides is 1. The molecule has 0 unspecified atom stereocenters. The van der Waals surface area contributed by atoms with Crippen molar-refractivity contribution in [2.24, 2.45) is 0 Å². The molecule has 0 bridgehead atoms. The number of pyridine rings is 1. The van der Waals surface area contributed by atoms with Crippen LogP contribution in [0, 0.1) is 6.92 Å². The number of sulfone groups is 1. The number of nitrogens with zero attached hydrogens (tertiary/aromatic N) is 2. The molecule has 5 rings (SSSR count). The highest BCUT2D eigenvalue weighted by Gasteiger charge is 2.45. The van der Waals surface area contributed by atoms with Crippen LogP contribution in [0.1, 0.15) is 27.0 Å². The van der Waals surface area contributed by atoms with Crippen LogP contribution in [0.2, 0.25) is 0 Å². The Balaban J connectivity index is 1.29. The first kappa shape index (κ1) is 22.3. The minimum Gasteiger partial charge on any atom is -0.381 e. The molecule has 1 fully saturated rings. The number of likely N-dealkylation sites (tertiary alicyclic amines) is 1. The molecule has 0 aliphatic carbocycles. The van der Waals surface area contributed by atoms with E-state index in [2.05, 4.69) is 4.98 Å². The van der Waals surface area contributed by atoms with Crippen LogP contribution in [0.15, 0.2) is 90.0 Å². The summed E-state index contributed by atoms with van der Waals surface area (Å²) >= 11 is 0. The summed E-state index contributed by atoms with van der Waals surface area (Å²) in [4.78, 5) is 18.9. The van der Waals surface area contributed by atoms with Crippen LogP contribution in [0.3, 0.4) is 0 Å². The van der Waals surface area contributed by atoms with Gasteiger partial charge >= 0.3 is 0 Å². The van der Waals surface area contributed by atoms with Gasteiger partial charge in [0.25, 0.3) is 5.91 Å². The summed E-state index contributed by atoms with van der Waals surface area (Å²) in [5.74, 6) is -0.376. The van der Waals surface area contributed by atoms with Gasteiger partial charge in [-0.15, -0.1) is 0 Å². The van der Waals surface area contributed by atoms with Gasteiger partial charge in [-0.1, -0.05) is 60.2 Å². The van der Waals surface area contributed by atoms with E-state index in [1.165, 1.54) is 0 Å². The molecule has 0 radical (unpaired) electrons. The lowest BCUT2D eigenvalue weighted by atomic mass is 9.85. The Labute approximate surface area is 198 Å². The maximum absolute atomic E-state index is 13.1. The second kappa shape index (κ2) is 8.34. The van der Waals surface area contributed by atoms with E-state index in [-0.39, 0.29) is 29.6 Å². The molecule has 1 aromatic heterocycles. The molecule has 4 aromatic rings. The van der Waals surface area contributed by atoms with Gasteiger partial charge in [-0.3, -0.25) is 9.78 Å². The van der Waals surface area contributed by atoms with Gasteiger partial charge < -0.3 is 10.0 Å². The minimum atomic E-state index is -3.62. The Kier molecular flexibility index (Phi) is 5.46. The predicted molar refractivity (Wildman–Crippen MR) is 130 cm³/mol. The molecule has 7 heteroatoms. The third-order valence-corrected chi connectivity index (χ3v) is 7.95. The van der Waals surface area contributed by atoms with Crippen molar-refractivity contribution in [1.29, 1.82) is 0 Å². The summed E-state index contributed by atoms with van der Waals surface area (Å²) < 4.78 is 26.2. The molecule has 172 valence electrons. The van der Waals surface area contributed by atoms with E-state index in [0.29, 0.717) is 16.6 Å². The van der Waals surface area contributed by atoms with Crippen molar-refractivity contribution in [2.75, 3.05) is 13.1 Å². The Bertz CT molecular complexity index is 1490. The van der Waals surface area contributed by atoms with Crippen LogP contribution in [0.4, 0.5) is 0 Å². The number of β-amino-alcohol motifs (C(OH)–C–C–N with tert-alkyl or cyclic N) is 1. The van der Waals surface area contributed by atoms with Gasteiger partial charge in [0, 0.05) is 17.1 Å². The normalized spacial score (nSPS) is 15.2. The van der Waals surface area contributed by atoms with Crippen LogP contribution in [-0.2, 0) is 21.2 Å². The van der Waals surface area contributed by atoms with Gasteiger partial charge in [0.2, 0.25) is 0 Å².